The number of rotatable bonds is 6. The number of alkyl halides is 3. The number of amides is 2. The summed E-state index contributed by atoms with van der Waals surface area (Å²) in [4.78, 5) is 15.4. The summed E-state index contributed by atoms with van der Waals surface area (Å²) in [5.74, 6) is 0.782. The third-order valence-electron chi connectivity index (χ3n) is 3.40. The van der Waals surface area contributed by atoms with Gasteiger partial charge in [0.1, 0.15) is 10.8 Å². The normalized spacial score (nSPS) is 14.2. The summed E-state index contributed by atoms with van der Waals surface area (Å²) < 4.78 is 37.3. The van der Waals surface area contributed by atoms with Crippen molar-refractivity contribution in [2.24, 2.45) is 0 Å². The molecule has 0 aliphatic heterocycles. The number of urea groups is 1. The lowest BCUT2D eigenvalue weighted by atomic mass is 10.3. The molecule has 1 aliphatic carbocycles. The number of hydrogen-bond donors (Lipinski definition) is 3. The SMILES string of the molecule is O=C(NCCNc1ccc(C(F)(F)F)cn1)Nc1nnc(C2CC2)s1. The van der Waals surface area contributed by atoms with Crippen molar-refractivity contribution in [1.82, 2.24) is 20.5 Å². The van der Waals surface area contributed by atoms with Crippen LogP contribution < -0.4 is 16.0 Å². The number of carbonyl (C=O) groups excluding carboxylic acids is 1. The van der Waals surface area contributed by atoms with Crippen molar-refractivity contribution in [2.75, 3.05) is 23.7 Å². The Morgan fingerprint density at radius 2 is 2.04 bits per heavy atom. The molecule has 25 heavy (non-hydrogen) atoms. The summed E-state index contributed by atoms with van der Waals surface area (Å²) in [7, 11) is 0. The average Bonchev–Trinajstić information content (AvgIpc) is 3.31. The monoisotopic (exact) mass is 372 g/mol. The van der Waals surface area contributed by atoms with Gasteiger partial charge in [-0.25, -0.2) is 9.78 Å². The maximum absolute atomic E-state index is 12.4. The molecule has 3 rings (SSSR count). The molecular formula is C14H15F3N6OS. The van der Waals surface area contributed by atoms with Crippen LogP contribution in [-0.2, 0) is 6.18 Å². The van der Waals surface area contributed by atoms with E-state index in [0.29, 0.717) is 23.4 Å². The second kappa shape index (κ2) is 7.21. The van der Waals surface area contributed by atoms with E-state index in [9.17, 15) is 18.0 Å². The number of carbonyl (C=O) groups is 1. The van der Waals surface area contributed by atoms with Crippen LogP contribution in [0, 0.1) is 0 Å². The number of nitrogens with one attached hydrogen (secondary N) is 3. The molecule has 0 spiro atoms. The molecule has 2 heterocycles. The maximum Gasteiger partial charge on any atom is 0.417 e. The van der Waals surface area contributed by atoms with Crippen molar-refractivity contribution >= 4 is 28.3 Å². The molecule has 0 saturated heterocycles. The Kier molecular flexibility index (Phi) is 5.02. The van der Waals surface area contributed by atoms with Crippen LogP contribution in [0.5, 0.6) is 0 Å². The van der Waals surface area contributed by atoms with Crippen molar-refractivity contribution < 1.29 is 18.0 Å². The van der Waals surface area contributed by atoms with E-state index in [1.807, 2.05) is 0 Å². The lowest BCUT2D eigenvalue weighted by Gasteiger charge is -2.09. The number of hydrogen-bond acceptors (Lipinski definition) is 6. The second-order valence-corrected chi connectivity index (χ2v) is 6.47. The highest BCUT2D eigenvalue weighted by Crippen LogP contribution is 2.42. The Bertz CT molecular complexity index is 729. The molecular weight excluding hydrogens is 357 g/mol. The number of halogens is 3. The Balaban J connectivity index is 1.36. The first kappa shape index (κ1) is 17.4. The zero-order valence-corrected chi connectivity index (χ0v) is 13.7. The van der Waals surface area contributed by atoms with Crippen molar-refractivity contribution in [3.63, 3.8) is 0 Å². The molecule has 2 aromatic heterocycles. The summed E-state index contributed by atoms with van der Waals surface area (Å²) in [6, 6.07) is 1.77. The van der Waals surface area contributed by atoms with Crippen LogP contribution in [0.15, 0.2) is 18.3 Å². The van der Waals surface area contributed by atoms with E-state index in [1.54, 1.807) is 0 Å². The zero-order valence-electron chi connectivity index (χ0n) is 12.9. The Morgan fingerprint density at radius 3 is 2.68 bits per heavy atom. The molecule has 134 valence electrons. The van der Waals surface area contributed by atoms with E-state index >= 15 is 0 Å². The molecule has 1 aliphatic rings. The molecule has 0 radical (unpaired) electrons. The number of nitrogens with zero attached hydrogens (tertiary/aromatic N) is 3. The standard InChI is InChI=1S/C14H15F3N6OS/c15-14(16,17)9-3-4-10(20-7-9)18-5-6-19-12(24)21-13-23-22-11(25-13)8-1-2-8/h3-4,7-8H,1-2,5-6H2,(H,18,20)(H2,19,21,23,24). The smallest absolute Gasteiger partial charge is 0.368 e. The van der Waals surface area contributed by atoms with Crippen molar-refractivity contribution in [3.8, 4) is 0 Å². The van der Waals surface area contributed by atoms with Crippen molar-refractivity contribution in [1.29, 1.82) is 0 Å². The Hall–Kier alpha value is -2.43. The molecule has 1 fully saturated rings. The van der Waals surface area contributed by atoms with Gasteiger partial charge in [-0.15, -0.1) is 10.2 Å². The molecule has 0 atom stereocenters. The molecule has 3 N–H and O–H groups in total. The number of aromatic nitrogens is 3. The Labute approximate surface area is 145 Å². The number of pyridine rings is 1. The molecule has 0 unspecified atom stereocenters. The van der Waals surface area contributed by atoms with Gasteiger partial charge < -0.3 is 10.6 Å². The van der Waals surface area contributed by atoms with Crippen LogP contribution in [0.4, 0.5) is 28.9 Å². The minimum atomic E-state index is -4.41. The predicted octanol–water partition coefficient (Wildman–Crippen LogP) is 3.06. The van der Waals surface area contributed by atoms with Gasteiger partial charge in [0.2, 0.25) is 5.13 Å². The predicted molar refractivity (Wildman–Crippen MR) is 86.6 cm³/mol. The van der Waals surface area contributed by atoms with E-state index in [0.717, 1.165) is 30.1 Å². The molecule has 0 bridgehead atoms. The van der Waals surface area contributed by atoms with E-state index in [2.05, 4.69) is 31.1 Å². The van der Waals surface area contributed by atoms with Crippen LogP contribution in [0.3, 0.4) is 0 Å². The van der Waals surface area contributed by atoms with Crippen molar-refractivity contribution in [3.05, 3.63) is 28.9 Å². The van der Waals surface area contributed by atoms with Gasteiger partial charge in [-0.1, -0.05) is 11.3 Å². The third-order valence-corrected chi connectivity index (χ3v) is 4.40. The van der Waals surface area contributed by atoms with E-state index in [-0.39, 0.29) is 6.54 Å². The highest BCUT2D eigenvalue weighted by molar-refractivity contribution is 7.15. The highest BCUT2D eigenvalue weighted by Gasteiger charge is 2.30. The summed E-state index contributed by atoms with van der Waals surface area (Å²) in [6.45, 7) is 0.581. The van der Waals surface area contributed by atoms with Gasteiger partial charge in [0.05, 0.1) is 5.56 Å². The van der Waals surface area contributed by atoms with E-state index in [1.165, 1.54) is 17.4 Å². The lowest BCUT2D eigenvalue weighted by molar-refractivity contribution is -0.137. The first-order chi connectivity index (χ1) is 11.9. The van der Waals surface area contributed by atoms with Crippen LogP contribution in [0.2, 0.25) is 0 Å². The third kappa shape index (κ3) is 5.02. The van der Waals surface area contributed by atoms with Crippen LogP contribution in [0.25, 0.3) is 0 Å². The Morgan fingerprint density at radius 1 is 1.24 bits per heavy atom. The van der Waals surface area contributed by atoms with Gasteiger partial charge in [0.25, 0.3) is 0 Å². The average molecular weight is 372 g/mol. The lowest BCUT2D eigenvalue weighted by Crippen LogP contribution is -2.32. The van der Waals surface area contributed by atoms with Gasteiger partial charge in [-0.2, -0.15) is 13.2 Å². The molecule has 2 amide bonds. The second-order valence-electron chi connectivity index (χ2n) is 5.46. The van der Waals surface area contributed by atoms with E-state index in [4.69, 9.17) is 0 Å². The first-order valence-electron chi connectivity index (χ1n) is 7.57. The van der Waals surface area contributed by atoms with Crippen LogP contribution in [-0.4, -0.2) is 34.3 Å². The van der Waals surface area contributed by atoms with Gasteiger partial charge in [-0.05, 0) is 25.0 Å². The summed E-state index contributed by atoms with van der Waals surface area (Å²) in [5, 5.41) is 17.3. The molecule has 7 nitrogen and oxygen atoms in total. The molecule has 1 saturated carbocycles. The highest BCUT2D eigenvalue weighted by atomic mass is 32.1. The van der Waals surface area contributed by atoms with Gasteiger partial charge in [0.15, 0.2) is 0 Å². The minimum Gasteiger partial charge on any atom is -0.368 e. The van der Waals surface area contributed by atoms with Gasteiger partial charge in [-0.3, -0.25) is 5.32 Å². The number of anilines is 2. The fourth-order valence-corrected chi connectivity index (χ4v) is 2.86. The molecule has 0 aromatic carbocycles. The quantitative estimate of drug-likeness (QED) is 0.678. The largest absolute Gasteiger partial charge is 0.417 e. The fraction of sp³-hybridized carbons (Fsp3) is 0.429. The van der Waals surface area contributed by atoms with E-state index < -0.39 is 17.8 Å². The topological polar surface area (TPSA) is 91.8 Å². The molecule has 11 heteroatoms. The summed E-state index contributed by atoms with van der Waals surface area (Å²) in [6.07, 6.45) is -1.42. The van der Waals surface area contributed by atoms with Gasteiger partial charge in [0, 0.05) is 25.2 Å². The summed E-state index contributed by atoms with van der Waals surface area (Å²) >= 11 is 1.36. The van der Waals surface area contributed by atoms with Gasteiger partial charge >= 0.3 is 12.2 Å². The van der Waals surface area contributed by atoms with Crippen LogP contribution >= 0.6 is 11.3 Å². The van der Waals surface area contributed by atoms with Crippen molar-refractivity contribution in [2.45, 2.75) is 24.9 Å². The minimum absolute atomic E-state index is 0.267. The first-order valence-corrected chi connectivity index (χ1v) is 8.39. The molecule has 2 aromatic rings. The maximum atomic E-state index is 12.4. The summed E-state index contributed by atoms with van der Waals surface area (Å²) in [5.41, 5.74) is -0.807. The zero-order chi connectivity index (χ0) is 17.9. The fourth-order valence-electron chi connectivity index (χ4n) is 1.95. The van der Waals surface area contributed by atoms with Crippen LogP contribution in [0.1, 0.15) is 29.3 Å².